The number of fused-ring (bicyclic) bond motifs is 1. The summed E-state index contributed by atoms with van der Waals surface area (Å²) < 4.78 is 0. The van der Waals surface area contributed by atoms with Crippen molar-refractivity contribution in [3.63, 3.8) is 0 Å². The lowest BCUT2D eigenvalue weighted by Gasteiger charge is -2.17. The van der Waals surface area contributed by atoms with Crippen molar-refractivity contribution in [3.05, 3.63) is 28.6 Å². The number of aliphatic hydroxyl groups excluding tert-OH is 1. The highest BCUT2D eigenvalue weighted by Gasteiger charge is 2.16. The van der Waals surface area contributed by atoms with Crippen LogP contribution in [0.3, 0.4) is 0 Å². The van der Waals surface area contributed by atoms with Gasteiger partial charge in [-0.3, -0.25) is 4.98 Å². The first-order valence-electron chi connectivity index (χ1n) is 4.87. The van der Waals surface area contributed by atoms with Crippen molar-refractivity contribution in [2.75, 3.05) is 0 Å². The van der Waals surface area contributed by atoms with Crippen molar-refractivity contribution in [2.45, 2.75) is 32.3 Å². The second kappa shape index (κ2) is 3.77. The third-order valence-corrected chi connectivity index (χ3v) is 2.74. The summed E-state index contributed by atoms with van der Waals surface area (Å²) in [4.78, 5) is 4.11. The lowest BCUT2D eigenvalue weighted by molar-refractivity contribution is 0.276. The summed E-state index contributed by atoms with van der Waals surface area (Å²) >= 11 is 0. The normalized spacial score (nSPS) is 14.6. The van der Waals surface area contributed by atoms with E-state index in [1.54, 1.807) is 6.20 Å². The molecule has 1 N–H and O–H groups in total. The van der Waals surface area contributed by atoms with Gasteiger partial charge in [0.05, 0.1) is 17.9 Å². The van der Waals surface area contributed by atoms with E-state index in [2.05, 4.69) is 11.1 Å². The van der Waals surface area contributed by atoms with Gasteiger partial charge < -0.3 is 5.11 Å². The Morgan fingerprint density at radius 2 is 2.21 bits per heavy atom. The van der Waals surface area contributed by atoms with Gasteiger partial charge in [-0.25, -0.2) is 0 Å². The summed E-state index contributed by atoms with van der Waals surface area (Å²) in [5.41, 5.74) is 3.42. The molecule has 0 aliphatic heterocycles. The van der Waals surface area contributed by atoms with Crippen LogP contribution in [0.1, 0.15) is 35.2 Å². The zero-order chi connectivity index (χ0) is 9.97. The van der Waals surface area contributed by atoms with Gasteiger partial charge in [-0.2, -0.15) is 5.26 Å². The largest absolute Gasteiger partial charge is 0.390 e. The number of aryl methyl sites for hydroxylation is 1. The second-order valence-electron chi connectivity index (χ2n) is 3.56. The van der Waals surface area contributed by atoms with Crippen LogP contribution in [0, 0.1) is 11.3 Å². The van der Waals surface area contributed by atoms with Crippen molar-refractivity contribution in [2.24, 2.45) is 0 Å². The van der Waals surface area contributed by atoms with E-state index in [4.69, 9.17) is 10.4 Å². The van der Waals surface area contributed by atoms with Crippen molar-refractivity contribution >= 4 is 0 Å². The number of aromatic nitrogens is 1. The highest BCUT2D eigenvalue weighted by molar-refractivity contribution is 5.45. The molecule has 1 aliphatic carbocycles. The van der Waals surface area contributed by atoms with Crippen LogP contribution in [0.2, 0.25) is 0 Å². The Hall–Kier alpha value is -1.40. The maximum absolute atomic E-state index is 9.04. The molecule has 0 unspecified atom stereocenters. The van der Waals surface area contributed by atoms with Crippen molar-refractivity contribution in [3.8, 4) is 6.07 Å². The molecule has 3 heteroatoms. The van der Waals surface area contributed by atoms with Gasteiger partial charge in [0.2, 0.25) is 0 Å². The van der Waals surface area contributed by atoms with Crippen LogP contribution in [0.5, 0.6) is 0 Å². The lowest BCUT2D eigenvalue weighted by atomic mass is 9.89. The number of aliphatic hydroxyl groups is 1. The first-order valence-corrected chi connectivity index (χ1v) is 4.87. The number of pyridine rings is 1. The minimum Gasteiger partial charge on any atom is -0.390 e. The average molecular weight is 188 g/mol. The molecule has 72 valence electrons. The molecule has 14 heavy (non-hydrogen) atoms. The monoisotopic (exact) mass is 188 g/mol. The minimum absolute atomic E-state index is 0.143. The predicted octanol–water partition coefficient (Wildman–Crippen LogP) is 1.32. The Labute approximate surface area is 83.0 Å². The Morgan fingerprint density at radius 1 is 1.43 bits per heavy atom. The lowest BCUT2D eigenvalue weighted by Crippen LogP contribution is -2.09. The molecule has 0 fully saturated rings. The molecule has 1 aromatic heterocycles. The zero-order valence-electron chi connectivity index (χ0n) is 7.95. The molecule has 1 aliphatic rings. The molecular formula is C11H12N2O. The fourth-order valence-electron chi connectivity index (χ4n) is 2.00. The van der Waals surface area contributed by atoms with Crippen LogP contribution in [0.15, 0.2) is 6.20 Å². The summed E-state index contributed by atoms with van der Waals surface area (Å²) in [6.07, 6.45) is 6.09. The molecule has 3 nitrogen and oxygen atoms in total. The third kappa shape index (κ3) is 1.38. The number of hydrogen-bond acceptors (Lipinski definition) is 3. The highest BCUT2D eigenvalue weighted by Crippen LogP contribution is 2.25. The number of hydrogen-bond donors (Lipinski definition) is 1. The van der Waals surface area contributed by atoms with E-state index in [1.165, 1.54) is 12.0 Å². The van der Waals surface area contributed by atoms with Gasteiger partial charge in [0.25, 0.3) is 0 Å². The van der Waals surface area contributed by atoms with E-state index < -0.39 is 0 Å². The van der Waals surface area contributed by atoms with Gasteiger partial charge in [0.15, 0.2) is 0 Å². The number of nitrogens with zero attached hydrogens (tertiary/aromatic N) is 2. The van der Waals surface area contributed by atoms with Gasteiger partial charge in [-0.05, 0) is 36.8 Å². The van der Waals surface area contributed by atoms with E-state index >= 15 is 0 Å². The number of nitriles is 1. The maximum atomic E-state index is 9.04. The molecule has 1 aromatic rings. The van der Waals surface area contributed by atoms with Crippen LogP contribution in [0.4, 0.5) is 0 Å². The third-order valence-electron chi connectivity index (χ3n) is 2.74. The minimum atomic E-state index is -0.143. The van der Waals surface area contributed by atoms with Gasteiger partial charge in [-0.15, -0.1) is 0 Å². The quantitative estimate of drug-likeness (QED) is 0.723. The molecule has 0 radical (unpaired) electrons. The van der Waals surface area contributed by atoms with Crippen molar-refractivity contribution < 1.29 is 5.11 Å². The van der Waals surface area contributed by atoms with Gasteiger partial charge >= 0.3 is 0 Å². The Balaban J connectivity index is 2.57. The summed E-state index contributed by atoms with van der Waals surface area (Å²) in [6, 6.07) is 2.15. The zero-order valence-corrected chi connectivity index (χ0v) is 7.95. The molecule has 0 saturated carbocycles. The molecule has 2 rings (SSSR count). The van der Waals surface area contributed by atoms with E-state index in [0.29, 0.717) is 11.3 Å². The first-order chi connectivity index (χ1) is 6.86. The van der Waals surface area contributed by atoms with Crippen LogP contribution in [-0.4, -0.2) is 10.1 Å². The van der Waals surface area contributed by atoms with E-state index in [1.807, 2.05) is 0 Å². The van der Waals surface area contributed by atoms with E-state index in [9.17, 15) is 0 Å². The fourth-order valence-corrected chi connectivity index (χ4v) is 2.00. The van der Waals surface area contributed by atoms with Crippen LogP contribution >= 0.6 is 0 Å². The Bertz CT molecular complexity index is 393. The standard InChI is InChI=1S/C11H12N2O/c12-5-10-9-4-2-1-3-8(9)6-13-11(10)7-14/h6,14H,1-4,7H2. The molecule has 0 saturated heterocycles. The molecule has 0 spiro atoms. The summed E-state index contributed by atoms with van der Waals surface area (Å²) in [6.45, 7) is -0.143. The molecule has 1 heterocycles. The van der Waals surface area contributed by atoms with Crippen LogP contribution in [-0.2, 0) is 19.4 Å². The van der Waals surface area contributed by atoms with Crippen molar-refractivity contribution in [1.82, 2.24) is 4.98 Å². The Morgan fingerprint density at radius 3 is 2.93 bits per heavy atom. The van der Waals surface area contributed by atoms with Crippen LogP contribution < -0.4 is 0 Å². The molecule has 0 aromatic carbocycles. The molecule has 0 amide bonds. The second-order valence-corrected chi connectivity index (χ2v) is 3.56. The Kier molecular flexibility index (Phi) is 2.47. The van der Waals surface area contributed by atoms with E-state index in [-0.39, 0.29) is 6.61 Å². The topological polar surface area (TPSA) is 56.9 Å². The maximum Gasteiger partial charge on any atom is 0.101 e. The summed E-state index contributed by atoms with van der Waals surface area (Å²) in [7, 11) is 0. The summed E-state index contributed by atoms with van der Waals surface area (Å²) in [5.74, 6) is 0. The molecular weight excluding hydrogens is 176 g/mol. The molecule has 0 bridgehead atoms. The smallest absolute Gasteiger partial charge is 0.101 e. The summed E-state index contributed by atoms with van der Waals surface area (Å²) in [5, 5.41) is 18.0. The first kappa shape index (κ1) is 9.17. The highest BCUT2D eigenvalue weighted by atomic mass is 16.3. The molecule has 0 atom stereocenters. The number of rotatable bonds is 1. The van der Waals surface area contributed by atoms with E-state index in [0.717, 1.165) is 24.8 Å². The van der Waals surface area contributed by atoms with Gasteiger partial charge in [-0.1, -0.05) is 0 Å². The van der Waals surface area contributed by atoms with Gasteiger partial charge in [0, 0.05) is 6.20 Å². The average Bonchev–Trinajstić information content (AvgIpc) is 2.27. The van der Waals surface area contributed by atoms with Crippen molar-refractivity contribution in [1.29, 1.82) is 5.26 Å². The SMILES string of the molecule is N#Cc1c(CO)ncc2c1CCCC2. The predicted molar refractivity (Wildman–Crippen MR) is 51.5 cm³/mol. The fraction of sp³-hybridized carbons (Fsp3) is 0.455. The van der Waals surface area contributed by atoms with Gasteiger partial charge in [0.1, 0.15) is 6.07 Å². The van der Waals surface area contributed by atoms with Crippen LogP contribution in [0.25, 0.3) is 0 Å².